The van der Waals surface area contributed by atoms with Gasteiger partial charge in [-0.1, -0.05) is 62.2 Å². The summed E-state index contributed by atoms with van der Waals surface area (Å²) in [6, 6.07) is 7.99. The van der Waals surface area contributed by atoms with Gasteiger partial charge in [-0.3, -0.25) is 9.69 Å². The lowest BCUT2D eigenvalue weighted by molar-refractivity contribution is -0.146. The molecule has 1 heterocycles. The molecule has 1 N–H and O–H groups in total. The van der Waals surface area contributed by atoms with E-state index >= 15 is 8.78 Å². The van der Waals surface area contributed by atoms with Gasteiger partial charge in [-0.05, 0) is 61.4 Å². The van der Waals surface area contributed by atoms with Crippen molar-refractivity contribution in [3.05, 3.63) is 69.2 Å². The Hall–Kier alpha value is -2.73. The Kier molecular flexibility index (Phi) is 8.52. The number of benzene rings is 2. The highest BCUT2D eigenvalue weighted by atomic mass is 35.5. The average molecular weight is 593 g/mol. The molecule has 0 spiro atoms. The van der Waals surface area contributed by atoms with Crippen LogP contribution in [0.3, 0.4) is 0 Å². The number of rotatable bonds is 7. The van der Waals surface area contributed by atoms with Gasteiger partial charge in [0.05, 0.1) is 24.2 Å². The zero-order chi connectivity index (χ0) is 29.6. The second-order valence-electron chi connectivity index (χ2n) is 12.0. The van der Waals surface area contributed by atoms with Crippen LogP contribution in [-0.2, 0) is 19.7 Å². The molecule has 10 heteroatoms. The summed E-state index contributed by atoms with van der Waals surface area (Å²) >= 11 is 12.3. The fourth-order valence-electron chi connectivity index (χ4n) is 6.14. The van der Waals surface area contributed by atoms with E-state index in [4.69, 9.17) is 27.9 Å². The highest BCUT2D eigenvalue weighted by Gasteiger charge is 2.64. The molecule has 2 aliphatic rings. The number of nitrogens with zero attached hydrogens (tertiary/aromatic N) is 2. The third-order valence-electron chi connectivity index (χ3n) is 8.06. The van der Waals surface area contributed by atoms with Crippen molar-refractivity contribution in [1.29, 1.82) is 5.26 Å². The van der Waals surface area contributed by atoms with Gasteiger partial charge in [-0.2, -0.15) is 5.26 Å². The smallest absolute Gasteiger partial charge is 0.328 e. The number of ether oxygens (including phenoxy) is 1. The van der Waals surface area contributed by atoms with Crippen LogP contribution in [0, 0.1) is 34.3 Å². The lowest BCUT2D eigenvalue weighted by Crippen LogP contribution is -2.52. The molecule has 0 radical (unpaired) electrons. The largest absolute Gasteiger partial charge is 0.467 e. The van der Waals surface area contributed by atoms with Crippen LogP contribution < -0.4 is 5.32 Å². The number of hydrogen-bond acceptors (Lipinski definition) is 5. The first-order chi connectivity index (χ1) is 18.8. The van der Waals surface area contributed by atoms with Gasteiger partial charge in [-0.25, -0.2) is 13.6 Å². The predicted molar refractivity (Wildman–Crippen MR) is 149 cm³/mol. The number of hydrogen-bond donors (Lipinski definition) is 1. The molecule has 4 rings (SSSR count). The minimum atomic E-state index is -1.73. The summed E-state index contributed by atoms with van der Waals surface area (Å²) in [5, 5.41) is 13.8. The summed E-state index contributed by atoms with van der Waals surface area (Å²) in [7, 11) is 2.92. The van der Waals surface area contributed by atoms with E-state index in [0.29, 0.717) is 6.42 Å². The van der Waals surface area contributed by atoms with Crippen LogP contribution >= 0.6 is 23.2 Å². The molecule has 40 heavy (non-hydrogen) atoms. The number of methoxy groups -OCH3 is 1. The zero-order valence-corrected chi connectivity index (χ0v) is 24.6. The maximum atomic E-state index is 15.8. The van der Waals surface area contributed by atoms with Gasteiger partial charge in [-0.15, -0.1) is 0 Å². The quantitative estimate of drug-likeness (QED) is 0.399. The van der Waals surface area contributed by atoms with Crippen LogP contribution in [0.15, 0.2) is 36.4 Å². The van der Waals surface area contributed by atoms with E-state index < -0.39 is 53.0 Å². The lowest BCUT2D eigenvalue weighted by Gasteiger charge is -2.38. The number of nitrogens with one attached hydrogen (secondary N) is 1. The van der Waals surface area contributed by atoms with E-state index in [2.05, 4.69) is 11.4 Å². The van der Waals surface area contributed by atoms with Crippen molar-refractivity contribution in [2.24, 2.45) is 11.3 Å². The molecule has 5 atom stereocenters. The summed E-state index contributed by atoms with van der Waals surface area (Å²) in [5.41, 5.74) is -2.08. The fourth-order valence-corrected chi connectivity index (χ4v) is 6.49. The maximum Gasteiger partial charge on any atom is 0.328 e. The van der Waals surface area contributed by atoms with Crippen LogP contribution in [-0.4, -0.2) is 49.1 Å². The fraction of sp³-hybridized carbons (Fsp3) is 0.500. The normalized spacial score (nSPS) is 25.8. The molecule has 1 saturated carbocycles. The Morgan fingerprint density at radius 1 is 1.23 bits per heavy atom. The molecule has 1 aliphatic carbocycles. The van der Waals surface area contributed by atoms with E-state index in [-0.39, 0.29) is 32.5 Å². The van der Waals surface area contributed by atoms with Gasteiger partial charge >= 0.3 is 5.97 Å². The summed E-state index contributed by atoms with van der Waals surface area (Å²) in [5.74, 6) is -3.97. The van der Waals surface area contributed by atoms with Gasteiger partial charge in [0.1, 0.15) is 23.1 Å². The van der Waals surface area contributed by atoms with Gasteiger partial charge < -0.3 is 10.1 Å². The second kappa shape index (κ2) is 11.3. The van der Waals surface area contributed by atoms with Crippen molar-refractivity contribution in [1.82, 2.24) is 10.2 Å². The molecular formula is C30H33Cl2F2N3O3. The highest BCUT2D eigenvalue weighted by molar-refractivity contribution is 6.31. The average Bonchev–Trinajstić information content (AvgIpc) is 3.69. The van der Waals surface area contributed by atoms with E-state index in [9.17, 15) is 14.9 Å². The molecule has 6 nitrogen and oxygen atoms in total. The van der Waals surface area contributed by atoms with Crippen molar-refractivity contribution in [3.8, 4) is 6.07 Å². The first kappa shape index (κ1) is 30.2. The standard InChI is InChI=1S/C30H33Cl2F2N3O3/c1-29(2,3)14-22-30(15-35,19-12-11-17(31)13-21(19)33)23(18-7-6-8-20(32)24(18)34)26(37(22)4)27(38)36-25(16-9-10-16)28(39)40-5/h6-8,11-13,16,22-23,25-26H,9-10,14H2,1-5H3,(H,36,38)/t22-,23-,25?,26+,30-/m0/s1. The Labute approximate surface area is 243 Å². The molecule has 1 aliphatic heterocycles. The van der Waals surface area contributed by atoms with Gasteiger partial charge in [0.25, 0.3) is 0 Å². The van der Waals surface area contributed by atoms with Crippen LogP contribution in [0.2, 0.25) is 10.0 Å². The molecule has 0 aromatic heterocycles. The number of amides is 1. The van der Waals surface area contributed by atoms with Crippen molar-refractivity contribution < 1.29 is 23.1 Å². The number of esters is 1. The third-order valence-corrected chi connectivity index (χ3v) is 8.59. The number of nitriles is 1. The van der Waals surface area contributed by atoms with E-state index in [1.807, 2.05) is 20.8 Å². The van der Waals surface area contributed by atoms with Gasteiger partial charge in [0, 0.05) is 22.5 Å². The molecule has 2 aromatic rings. The Bertz CT molecular complexity index is 1350. The molecule has 1 unspecified atom stereocenters. The van der Waals surface area contributed by atoms with E-state index in [1.165, 1.54) is 37.4 Å². The minimum absolute atomic E-state index is 0.00638. The van der Waals surface area contributed by atoms with Crippen molar-refractivity contribution >= 4 is 35.1 Å². The number of carbonyl (C=O) groups excluding carboxylic acids is 2. The molecule has 2 fully saturated rings. The first-order valence-electron chi connectivity index (χ1n) is 13.2. The molecule has 2 aromatic carbocycles. The molecule has 214 valence electrons. The van der Waals surface area contributed by atoms with Crippen LogP contribution in [0.4, 0.5) is 8.78 Å². The second-order valence-corrected chi connectivity index (χ2v) is 12.8. The van der Waals surface area contributed by atoms with E-state index in [0.717, 1.165) is 18.9 Å². The number of carbonyl (C=O) groups is 2. The third kappa shape index (κ3) is 5.44. The summed E-state index contributed by atoms with van der Waals surface area (Å²) in [6.07, 6.45) is 1.86. The van der Waals surface area contributed by atoms with Crippen molar-refractivity contribution in [2.45, 2.75) is 69.5 Å². The van der Waals surface area contributed by atoms with Gasteiger partial charge in [0.15, 0.2) is 0 Å². The molecule has 1 saturated heterocycles. The van der Waals surface area contributed by atoms with Crippen molar-refractivity contribution in [3.63, 3.8) is 0 Å². The number of likely N-dealkylation sites (tertiary alicyclic amines) is 1. The minimum Gasteiger partial charge on any atom is -0.467 e. The first-order valence-corrected chi connectivity index (χ1v) is 13.9. The van der Waals surface area contributed by atoms with E-state index in [1.54, 1.807) is 11.9 Å². The Morgan fingerprint density at radius 2 is 1.90 bits per heavy atom. The highest BCUT2D eigenvalue weighted by Crippen LogP contribution is 2.56. The summed E-state index contributed by atoms with van der Waals surface area (Å²) in [4.78, 5) is 28.4. The SMILES string of the molecule is COC(=O)C(NC(=O)[C@H]1[C@H](c2cccc(Cl)c2F)[C@@](C#N)(c2ccc(Cl)cc2F)[C@H](CC(C)(C)C)N1C)C1CC1. The van der Waals surface area contributed by atoms with Crippen LogP contribution in [0.25, 0.3) is 0 Å². The predicted octanol–water partition coefficient (Wildman–Crippen LogP) is 6.00. The van der Waals surface area contributed by atoms with Crippen LogP contribution in [0.1, 0.15) is 57.1 Å². The van der Waals surface area contributed by atoms with Crippen molar-refractivity contribution in [2.75, 3.05) is 14.2 Å². The van der Waals surface area contributed by atoms with Crippen LogP contribution in [0.5, 0.6) is 0 Å². The number of likely N-dealkylation sites (N-methyl/N-ethyl adjacent to an activating group) is 1. The molecular weight excluding hydrogens is 559 g/mol. The summed E-state index contributed by atoms with van der Waals surface area (Å²) < 4.78 is 36.6. The Morgan fingerprint density at radius 3 is 2.45 bits per heavy atom. The zero-order valence-electron chi connectivity index (χ0n) is 23.1. The Balaban J connectivity index is 1.99. The van der Waals surface area contributed by atoms with Gasteiger partial charge in [0.2, 0.25) is 5.91 Å². The maximum absolute atomic E-state index is 15.8. The lowest BCUT2D eigenvalue weighted by atomic mass is 9.62. The summed E-state index contributed by atoms with van der Waals surface area (Å²) in [6.45, 7) is 5.93. The molecule has 0 bridgehead atoms. The topological polar surface area (TPSA) is 82.4 Å². The monoisotopic (exact) mass is 591 g/mol. The number of halogens is 4. The molecule has 1 amide bonds.